The Morgan fingerprint density at radius 2 is 1.77 bits per heavy atom. The summed E-state index contributed by atoms with van der Waals surface area (Å²) in [6.45, 7) is 6.52. The molecule has 0 aromatic heterocycles. The van der Waals surface area contributed by atoms with Crippen molar-refractivity contribution in [1.29, 1.82) is 0 Å². The van der Waals surface area contributed by atoms with Gasteiger partial charge >= 0.3 is 11.9 Å². The maximum absolute atomic E-state index is 13.7. The Hall–Kier alpha value is -2.88. The summed E-state index contributed by atoms with van der Waals surface area (Å²) in [6.07, 6.45) is 4.40. The molecule has 0 bridgehead atoms. The van der Waals surface area contributed by atoms with Gasteiger partial charge in [0, 0.05) is 30.6 Å². The van der Waals surface area contributed by atoms with Crippen LogP contribution in [0, 0.1) is 34.5 Å². The topological polar surface area (TPSA) is 164 Å². The third-order valence-corrected chi connectivity index (χ3v) is 10.4. The number of hydrogen-bond acceptors (Lipinski definition) is 8. The predicted octanol–water partition coefficient (Wildman–Crippen LogP) is 2.55. The summed E-state index contributed by atoms with van der Waals surface area (Å²) in [5.74, 6) is -3.76. The van der Waals surface area contributed by atoms with E-state index in [0.717, 1.165) is 18.4 Å². The summed E-state index contributed by atoms with van der Waals surface area (Å²) in [5, 5.41) is 23.3. The average Bonchev–Trinajstić information content (AvgIpc) is 3.15. The molecule has 4 aliphatic rings. The second-order valence-electron chi connectivity index (χ2n) is 13.0. The molecule has 0 aromatic rings. The highest BCUT2D eigenvalue weighted by Crippen LogP contribution is 2.66. The number of ketones is 3. The van der Waals surface area contributed by atoms with Gasteiger partial charge in [-0.1, -0.05) is 33.3 Å². The zero-order valence-corrected chi connectivity index (χ0v) is 23.8. The number of esters is 1. The van der Waals surface area contributed by atoms with E-state index in [0.29, 0.717) is 19.3 Å². The summed E-state index contributed by atoms with van der Waals surface area (Å²) in [7, 11) is 0. The van der Waals surface area contributed by atoms with E-state index in [1.165, 1.54) is 0 Å². The molecule has 0 aromatic carbocycles. The zero-order chi connectivity index (χ0) is 29.6. The quantitative estimate of drug-likeness (QED) is 0.360. The van der Waals surface area contributed by atoms with Gasteiger partial charge in [-0.15, -0.1) is 0 Å². The Kier molecular flexibility index (Phi) is 8.15. The zero-order valence-electron chi connectivity index (χ0n) is 23.8. The van der Waals surface area contributed by atoms with Crippen LogP contribution in [-0.4, -0.2) is 63.7 Å². The number of fused-ring (bicyclic) bond motifs is 5. The van der Waals surface area contributed by atoms with Crippen molar-refractivity contribution in [2.75, 3.05) is 6.61 Å². The lowest BCUT2D eigenvalue weighted by molar-refractivity contribution is -0.173. The number of carbonyl (C=O) groups excluding carboxylic acids is 5. The minimum Gasteiger partial charge on any atom is -0.480 e. The maximum Gasteiger partial charge on any atom is 0.326 e. The Bertz CT molecular complexity index is 1160. The molecule has 0 aliphatic heterocycles. The van der Waals surface area contributed by atoms with Gasteiger partial charge in [0.1, 0.15) is 17.4 Å². The van der Waals surface area contributed by atoms with Gasteiger partial charge in [-0.2, -0.15) is 0 Å². The summed E-state index contributed by atoms with van der Waals surface area (Å²) in [6, 6.07) is -1.08. The number of Topliss-reactive ketones (excluding diaryl/α,β-unsaturated/α-hetero) is 2. The highest BCUT2D eigenvalue weighted by molar-refractivity contribution is 5.95. The van der Waals surface area contributed by atoms with Crippen molar-refractivity contribution in [3.63, 3.8) is 0 Å². The van der Waals surface area contributed by atoms with Crippen LogP contribution in [0.3, 0.4) is 0 Å². The van der Waals surface area contributed by atoms with E-state index in [4.69, 9.17) is 4.74 Å². The molecule has 40 heavy (non-hydrogen) atoms. The molecule has 0 radical (unpaired) electrons. The first-order valence-electron chi connectivity index (χ1n) is 14.3. The van der Waals surface area contributed by atoms with E-state index in [9.17, 15) is 39.0 Å². The number of amides is 1. The Morgan fingerprint density at radius 1 is 1.07 bits per heavy atom. The van der Waals surface area contributed by atoms with Crippen molar-refractivity contribution < 1.29 is 43.7 Å². The minimum atomic E-state index is -1.82. The fraction of sp³-hybridized carbons (Fsp3) is 0.733. The van der Waals surface area contributed by atoms with Crippen LogP contribution in [0.25, 0.3) is 0 Å². The Balaban J connectivity index is 1.38. The highest BCUT2D eigenvalue weighted by Gasteiger charge is 2.68. The number of ether oxygens (including phenoxy) is 1. The molecule has 0 spiro atoms. The molecule has 10 heteroatoms. The van der Waals surface area contributed by atoms with Gasteiger partial charge in [0.05, 0.1) is 6.42 Å². The molecule has 7 unspecified atom stereocenters. The molecule has 0 saturated heterocycles. The largest absolute Gasteiger partial charge is 0.480 e. The van der Waals surface area contributed by atoms with Crippen molar-refractivity contribution in [2.45, 2.75) is 97.1 Å². The van der Waals surface area contributed by atoms with Crippen LogP contribution < -0.4 is 5.32 Å². The Morgan fingerprint density at radius 3 is 2.42 bits per heavy atom. The summed E-state index contributed by atoms with van der Waals surface area (Å²) in [5.41, 5.74) is -2.13. The van der Waals surface area contributed by atoms with Gasteiger partial charge in [0.25, 0.3) is 0 Å². The number of nitrogens with one attached hydrogen (secondary N) is 1. The lowest BCUT2D eigenvalue weighted by Gasteiger charge is -2.57. The molecular weight excluding hydrogens is 518 g/mol. The van der Waals surface area contributed by atoms with E-state index in [-0.39, 0.29) is 66.3 Å². The fourth-order valence-corrected chi connectivity index (χ4v) is 8.16. The first-order chi connectivity index (χ1) is 18.6. The second-order valence-corrected chi connectivity index (χ2v) is 13.0. The number of carbonyl (C=O) groups is 6. The van der Waals surface area contributed by atoms with Crippen LogP contribution in [0.5, 0.6) is 0 Å². The molecule has 3 fully saturated rings. The molecule has 220 valence electrons. The third kappa shape index (κ3) is 5.03. The lowest BCUT2D eigenvalue weighted by Crippen LogP contribution is -2.61. The maximum atomic E-state index is 13.7. The average molecular weight is 560 g/mol. The van der Waals surface area contributed by atoms with Gasteiger partial charge in [0.2, 0.25) is 11.7 Å². The molecule has 10 nitrogen and oxygen atoms in total. The number of carboxylic acids is 1. The van der Waals surface area contributed by atoms with Gasteiger partial charge in [-0.05, 0) is 61.3 Å². The SMILES string of the molecule is CC(C)C(NC(=O)CCC(=O)OCC(=O)C1(O)CCC2C3CCC4=CC(=O)CCC4(C)C3C(=O)CC21C)C(=O)O. The molecule has 4 rings (SSSR count). The molecule has 3 saturated carbocycles. The van der Waals surface area contributed by atoms with Crippen molar-refractivity contribution in [3.05, 3.63) is 11.6 Å². The smallest absolute Gasteiger partial charge is 0.326 e. The van der Waals surface area contributed by atoms with Crippen LogP contribution in [0.1, 0.15) is 85.5 Å². The number of allylic oxidation sites excluding steroid dienone is 1. The van der Waals surface area contributed by atoms with Crippen molar-refractivity contribution in [1.82, 2.24) is 5.32 Å². The van der Waals surface area contributed by atoms with Crippen LogP contribution in [0.4, 0.5) is 0 Å². The first kappa shape index (κ1) is 30.1. The van der Waals surface area contributed by atoms with E-state index in [1.54, 1.807) is 26.8 Å². The normalized spacial score (nSPS) is 35.6. The number of hydrogen-bond donors (Lipinski definition) is 3. The van der Waals surface area contributed by atoms with Crippen LogP contribution >= 0.6 is 0 Å². The van der Waals surface area contributed by atoms with Crippen molar-refractivity contribution in [3.8, 4) is 0 Å². The van der Waals surface area contributed by atoms with Gasteiger partial charge in [-0.25, -0.2) is 4.79 Å². The monoisotopic (exact) mass is 559 g/mol. The number of carboxylic acid groups (broad SMARTS) is 1. The molecule has 3 N–H and O–H groups in total. The lowest BCUT2D eigenvalue weighted by atomic mass is 9.46. The molecule has 0 heterocycles. The molecule has 1 amide bonds. The van der Waals surface area contributed by atoms with Crippen LogP contribution in [-0.2, 0) is 33.5 Å². The number of rotatable bonds is 9. The second kappa shape index (κ2) is 10.8. The van der Waals surface area contributed by atoms with E-state index < -0.39 is 47.3 Å². The molecular formula is C30H41NO9. The number of aliphatic hydroxyl groups is 1. The summed E-state index contributed by atoms with van der Waals surface area (Å²) < 4.78 is 5.12. The van der Waals surface area contributed by atoms with E-state index in [2.05, 4.69) is 12.2 Å². The predicted molar refractivity (Wildman–Crippen MR) is 142 cm³/mol. The van der Waals surface area contributed by atoms with Crippen molar-refractivity contribution in [2.24, 2.45) is 34.5 Å². The van der Waals surface area contributed by atoms with Gasteiger partial charge in [-0.3, -0.25) is 24.0 Å². The van der Waals surface area contributed by atoms with Gasteiger partial charge < -0.3 is 20.3 Å². The summed E-state index contributed by atoms with van der Waals surface area (Å²) in [4.78, 5) is 74.7. The van der Waals surface area contributed by atoms with Crippen LogP contribution in [0.15, 0.2) is 11.6 Å². The fourth-order valence-electron chi connectivity index (χ4n) is 8.16. The minimum absolute atomic E-state index is 0.00459. The van der Waals surface area contributed by atoms with E-state index in [1.807, 2.05) is 0 Å². The third-order valence-electron chi connectivity index (χ3n) is 10.4. The first-order valence-corrected chi connectivity index (χ1v) is 14.3. The molecule has 4 aliphatic carbocycles. The molecule has 7 atom stereocenters. The summed E-state index contributed by atoms with van der Waals surface area (Å²) >= 11 is 0. The number of aliphatic carboxylic acids is 1. The standard InChI is InChI=1S/C30H41NO9/c1-16(2)26(27(37)38)31-23(35)7-8-24(36)40-15-22(34)30(39)12-10-20-19-6-5-17-13-18(32)9-11-28(17,3)25(19)21(33)14-29(20,30)4/h13,16,19-20,25-26,39H,5-12,14-15H2,1-4H3,(H,31,35)(H,37,38). The van der Waals surface area contributed by atoms with E-state index >= 15 is 0 Å². The Labute approximate surface area is 234 Å². The highest BCUT2D eigenvalue weighted by atomic mass is 16.5. The van der Waals surface area contributed by atoms with Crippen LogP contribution in [0.2, 0.25) is 0 Å². The van der Waals surface area contributed by atoms with Gasteiger partial charge in [0.15, 0.2) is 12.4 Å². The van der Waals surface area contributed by atoms with Crippen molar-refractivity contribution >= 4 is 35.2 Å².